The van der Waals surface area contributed by atoms with Crippen LogP contribution in [0.25, 0.3) is 0 Å². The molecule has 0 aliphatic heterocycles. The Morgan fingerprint density at radius 1 is 1.40 bits per heavy atom. The van der Waals surface area contributed by atoms with Crippen LogP contribution >= 0.6 is 0 Å². The first-order valence-electron chi connectivity index (χ1n) is 5.31. The number of aromatic nitrogens is 4. The molecule has 5 heteroatoms. The molecule has 0 radical (unpaired) electrons. The van der Waals surface area contributed by atoms with Crippen molar-refractivity contribution in [2.75, 3.05) is 7.05 Å². The van der Waals surface area contributed by atoms with Gasteiger partial charge in [0.1, 0.15) is 0 Å². The lowest BCUT2D eigenvalue weighted by Crippen LogP contribution is -2.32. The van der Waals surface area contributed by atoms with Crippen molar-refractivity contribution < 1.29 is 0 Å². The van der Waals surface area contributed by atoms with E-state index in [9.17, 15) is 0 Å². The average molecular weight is 211 g/mol. The topological polar surface area (TPSA) is 55.6 Å². The zero-order chi connectivity index (χ0) is 11.5. The quantitative estimate of drug-likeness (QED) is 0.799. The molecule has 1 heterocycles. The van der Waals surface area contributed by atoms with Crippen molar-refractivity contribution in [1.29, 1.82) is 0 Å². The van der Waals surface area contributed by atoms with E-state index in [2.05, 4.69) is 41.5 Å². The smallest absolute Gasteiger partial charge is 0.176 e. The summed E-state index contributed by atoms with van der Waals surface area (Å²) in [6.07, 6.45) is 1.93. The van der Waals surface area contributed by atoms with Gasteiger partial charge >= 0.3 is 0 Å². The number of aryl methyl sites for hydroxylation is 1. The summed E-state index contributed by atoms with van der Waals surface area (Å²) in [5, 5.41) is 15.3. The summed E-state index contributed by atoms with van der Waals surface area (Å²) >= 11 is 0. The van der Waals surface area contributed by atoms with Gasteiger partial charge in [0.15, 0.2) is 5.82 Å². The van der Waals surface area contributed by atoms with E-state index in [-0.39, 0.29) is 0 Å². The van der Waals surface area contributed by atoms with Gasteiger partial charge in [-0.15, -0.1) is 10.2 Å². The van der Waals surface area contributed by atoms with Crippen LogP contribution in [0.5, 0.6) is 0 Å². The van der Waals surface area contributed by atoms with E-state index in [0.717, 1.165) is 18.7 Å². The second kappa shape index (κ2) is 4.70. The first-order valence-corrected chi connectivity index (χ1v) is 5.31. The van der Waals surface area contributed by atoms with Crippen molar-refractivity contribution in [2.24, 2.45) is 12.5 Å². The highest BCUT2D eigenvalue weighted by Gasteiger charge is 2.19. The molecule has 0 saturated heterocycles. The van der Waals surface area contributed by atoms with E-state index < -0.39 is 0 Å². The highest BCUT2D eigenvalue weighted by Crippen LogP contribution is 2.21. The molecule has 1 N–H and O–H groups in total. The van der Waals surface area contributed by atoms with E-state index in [1.807, 2.05) is 7.05 Å². The maximum atomic E-state index is 4.18. The lowest BCUT2D eigenvalue weighted by molar-refractivity contribution is 0.313. The molecule has 1 atom stereocenters. The Hall–Kier alpha value is -0.970. The van der Waals surface area contributed by atoms with Crippen LogP contribution in [-0.2, 0) is 13.5 Å². The Balaban J connectivity index is 2.54. The maximum Gasteiger partial charge on any atom is 0.176 e. The van der Waals surface area contributed by atoms with Crippen molar-refractivity contribution in [3.8, 4) is 0 Å². The van der Waals surface area contributed by atoms with Crippen LogP contribution in [0.4, 0.5) is 0 Å². The molecule has 15 heavy (non-hydrogen) atoms. The fourth-order valence-electron chi connectivity index (χ4n) is 1.64. The van der Waals surface area contributed by atoms with Gasteiger partial charge in [-0.3, -0.25) is 0 Å². The molecule has 1 unspecified atom stereocenters. The lowest BCUT2D eigenvalue weighted by atomic mass is 9.87. The standard InChI is InChI=1S/C10H21N5/c1-10(2,3)7-8(11-4)6-9-12-14-15(5)13-9/h8,11H,6-7H2,1-5H3. The summed E-state index contributed by atoms with van der Waals surface area (Å²) in [7, 11) is 3.77. The van der Waals surface area contributed by atoms with Gasteiger partial charge in [-0.1, -0.05) is 20.8 Å². The van der Waals surface area contributed by atoms with Gasteiger partial charge in [-0.25, -0.2) is 0 Å². The first kappa shape index (κ1) is 12.1. The molecule has 0 aromatic carbocycles. The number of tetrazole rings is 1. The molecule has 5 nitrogen and oxygen atoms in total. The summed E-state index contributed by atoms with van der Waals surface area (Å²) in [5.74, 6) is 0.807. The third kappa shape index (κ3) is 4.38. The zero-order valence-corrected chi connectivity index (χ0v) is 10.3. The molecule has 0 spiro atoms. The molecule has 0 aliphatic carbocycles. The Kier molecular flexibility index (Phi) is 3.79. The summed E-state index contributed by atoms with van der Waals surface area (Å²) in [5.41, 5.74) is 0.315. The Bertz CT molecular complexity index is 299. The highest BCUT2D eigenvalue weighted by molar-refractivity contribution is 4.86. The number of likely N-dealkylation sites (N-methyl/N-ethyl adjacent to an activating group) is 1. The number of nitrogens with one attached hydrogen (secondary N) is 1. The van der Waals surface area contributed by atoms with Crippen LogP contribution in [-0.4, -0.2) is 33.3 Å². The molecule has 0 fully saturated rings. The largest absolute Gasteiger partial charge is 0.317 e. The normalized spacial score (nSPS) is 14.2. The summed E-state index contributed by atoms with van der Waals surface area (Å²) in [6, 6.07) is 0.411. The van der Waals surface area contributed by atoms with Crippen molar-refractivity contribution in [2.45, 2.75) is 39.7 Å². The van der Waals surface area contributed by atoms with E-state index in [0.29, 0.717) is 11.5 Å². The van der Waals surface area contributed by atoms with Gasteiger partial charge in [0.05, 0.1) is 7.05 Å². The molecule has 0 bridgehead atoms. The molecule has 0 aliphatic rings. The van der Waals surface area contributed by atoms with Crippen LogP contribution < -0.4 is 5.32 Å². The van der Waals surface area contributed by atoms with Crippen molar-refractivity contribution in [3.05, 3.63) is 5.82 Å². The third-order valence-electron chi connectivity index (χ3n) is 2.25. The van der Waals surface area contributed by atoms with Gasteiger partial charge in [0.2, 0.25) is 0 Å². The molecule has 1 aromatic heterocycles. The van der Waals surface area contributed by atoms with Gasteiger partial charge < -0.3 is 5.32 Å². The zero-order valence-electron chi connectivity index (χ0n) is 10.3. The summed E-state index contributed by atoms with van der Waals surface area (Å²) in [4.78, 5) is 1.50. The molecular weight excluding hydrogens is 190 g/mol. The summed E-state index contributed by atoms with van der Waals surface area (Å²) in [6.45, 7) is 6.71. The van der Waals surface area contributed by atoms with Crippen LogP contribution in [0.3, 0.4) is 0 Å². The minimum atomic E-state index is 0.315. The summed E-state index contributed by atoms with van der Waals surface area (Å²) < 4.78 is 0. The van der Waals surface area contributed by atoms with Crippen molar-refractivity contribution in [1.82, 2.24) is 25.5 Å². The van der Waals surface area contributed by atoms with E-state index in [1.165, 1.54) is 4.80 Å². The monoisotopic (exact) mass is 211 g/mol. The minimum absolute atomic E-state index is 0.315. The number of rotatable bonds is 4. The predicted octanol–water partition coefficient (Wildman–Crippen LogP) is 0.777. The predicted molar refractivity (Wildman–Crippen MR) is 59.4 cm³/mol. The van der Waals surface area contributed by atoms with Crippen LogP contribution in [0.15, 0.2) is 0 Å². The fraction of sp³-hybridized carbons (Fsp3) is 0.900. The minimum Gasteiger partial charge on any atom is -0.317 e. The van der Waals surface area contributed by atoms with Crippen molar-refractivity contribution in [3.63, 3.8) is 0 Å². The lowest BCUT2D eigenvalue weighted by Gasteiger charge is -2.24. The number of hydrogen-bond donors (Lipinski definition) is 1. The van der Waals surface area contributed by atoms with Crippen LogP contribution in [0, 0.1) is 5.41 Å². The van der Waals surface area contributed by atoms with Gasteiger partial charge in [0, 0.05) is 12.5 Å². The van der Waals surface area contributed by atoms with E-state index in [1.54, 1.807) is 7.05 Å². The average Bonchev–Trinajstić information content (AvgIpc) is 2.47. The number of hydrogen-bond acceptors (Lipinski definition) is 4. The van der Waals surface area contributed by atoms with Gasteiger partial charge in [-0.05, 0) is 24.1 Å². The molecule has 0 amide bonds. The molecule has 86 valence electrons. The second-order valence-electron chi connectivity index (χ2n) is 5.15. The SMILES string of the molecule is CNC(Cc1nnn(C)n1)CC(C)(C)C. The van der Waals surface area contributed by atoms with E-state index >= 15 is 0 Å². The highest BCUT2D eigenvalue weighted by atomic mass is 15.6. The Labute approximate surface area is 91.2 Å². The third-order valence-corrected chi connectivity index (χ3v) is 2.25. The van der Waals surface area contributed by atoms with Gasteiger partial charge in [0.25, 0.3) is 0 Å². The van der Waals surface area contributed by atoms with Gasteiger partial charge in [-0.2, -0.15) is 4.80 Å². The van der Waals surface area contributed by atoms with Crippen molar-refractivity contribution >= 4 is 0 Å². The van der Waals surface area contributed by atoms with E-state index in [4.69, 9.17) is 0 Å². The molecule has 0 saturated carbocycles. The Morgan fingerprint density at radius 3 is 2.47 bits per heavy atom. The van der Waals surface area contributed by atoms with Crippen LogP contribution in [0.2, 0.25) is 0 Å². The van der Waals surface area contributed by atoms with Crippen LogP contribution in [0.1, 0.15) is 33.0 Å². The molecule has 1 aromatic rings. The Morgan fingerprint density at radius 2 is 2.07 bits per heavy atom. The first-order chi connectivity index (χ1) is 6.90. The second-order valence-corrected chi connectivity index (χ2v) is 5.15. The maximum absolute atomic E-state index is 4.18. The molecule has 1 rings (SSSR count). The molecular formula is C10H21N5. The number of nitrogens with zero attached hydrogens (tertiary/aromatic N) is 4. The fourth-order valence-corrected chi connectivity index (χ4v) is 1.64.